The lowest BCUT2D eigenvalue weighted by Crippen LogP contribution is -2.37. The van der Waals surface area contributed by atoms with Crippen molar-refractivity contribution in [1.82, 2.24) is 14.1 Å². The van der Waals surface area contributed by atoms with Gasteiger partial charge < -0.3 is 0 Å². The van der Waals surface area contributed by atoms with E-state index in [1.165, 1.54) is 16.3 Å². The minimum absolute atomic E-state index is 0.0550. The van der Waals surface area contributed by atoms with E-state index < -0.39 is 10.0 Å². The van der Waals surface area contributed by atoms with Crippen LogP contribution in [0, 0.1) is 0 Å². The van der Waals surface area contributed by atoms with Crippen LogP contribution >= 0.6 is 0 Å². The maximum atomic E-state index is 13.3. The van der Waals surface area contributed by atoms with Crippen LogP contribution in [0.25, 0.3) is 0 Å². The fourth-order valence-electron chi connectivity index (χ4n) is 4.23. The van der Waals surface area contributed by atoms with E-state index in [0.29, 0.717) is 17.0 Å². The summed E-state index contributed by atoms with van der Waals surface area (Å²) in [5, 5.41) is 4.03. The fraction of sp³-hybridized carbons (Fsp3) is 0.500. The second-order valence-corrected chi connectivity index (χ2v) is 9.47. The van der Waals surface area contributed by atoms with Gasteiger partial charge in [-0.25, -0.2) is 8.42 Å². The first-order valence-electron chi connectivity index (χ1n) is 9.60. The van der Waals surface area contributed by atoms with Crippen LogP contribution in [0.5, 0.6) is 0 Å². The molecule has 0 spiro atoms. The SMILES string of the molecule is Cn1cc(C(=O)C[C@@H]2CCCN2S(=O)(=O)c2ccc3c(c2)CCCC3)cn1. The molecule has 7 heteroatoms. The van der Waals surface area contributed by atoms with E-state index in [1.807, 2.05) is 12.1 Å². The highest BCUT2D eigenvalue weighted by Crippen LogP contribution is 2.31. The zero-order chi connectivity index (χ0) is 19.0. The van der Waals surface area contributed by atoms with Crippen LogP contribution in [0.4, 0.5) is 0 Å². The number of hydrogen-bond acceptors (Lipinski definition) is 4. The largest absolute Gasteiger partial charge is 0.294 e. The van der Waals surface area contributed by atoms with E-state index in [-0.39, 0.29) is 18.2 Å². The molecule has 0 bridgehead atoms. The molecule has 0 saturated carbocycles. The van der Waals surface area contributed by atoms with Crippen LogP contribution in [0.1, 0.15) is 53.6 Å². The summed E-state index contributed by atoms with van der Waals surface area (Å²) >= 11 is 0. The Morgan fingerprint density at radius 1 is 1.19 bits per heavy atom. The van der Waals surface area contributed by atoms with Crippen LogP contribution in [0.15, 0.2) is 35.5 Å². The van der Waals surface area contributed by atoms with Crippen LogP contribution < -0.4 is 0 Å². The third-order valence-electron chi connectivity index (χ3n) is 5.70. The van der Waals surface area contributed by atoms with Gasteiger partial charge in [-0.2, -0.15) is 9.40 Å². The number of benzene rings is 1. The predicted molar refractivity (Wildman–Crippen MR) is 102 cm³/mol. The van der Waals surface area contributed by atoms with Crippen molar-refractivity contribution in [2.75, 3.05) is 6.54 Å². The third kappa shape index (κ3) is 3.58. The van der Waals surface area contributed by atoms with E-state index in [4.69, 9.17) is 0 Å². The molecule has 6 nitrogen and oxygen atoms in total. The van der Waals surface area contributed by atoms with Gasteiger partial charge in [0, 0.05) is 32.3 Å². The lowest BCUT2D eigenvalue weighted by Gasteiger charge is -2.24. The Morgan fingerprint density at radius 3 is 2.70 bits per heavy atom. The van der Waals surface area contributed by atoms with Crippen LogP contribution in [-0.2, 0) is 29.9 Å². The van der Waals surface area contributed by atoms with Crippen molar-refractivity contribution >= 4 is 15.8 Å². The average Bonchev–Trinajstić information content (AvgIpc) is 3.30. The highest BCUT2D eigenvalue weighted by molar-refractivity contribution is 7.89. The van der Waals surface area contributed by atoms with Crippen LogP contribution in [0.2, 0.25) is 0 Å². The summed E-state index contributed by atoms with van der Waals surface area (Å²) in [6.07, 6.45) is 9.19. The molecule has 1 aliphatic carbocycles. The van der Waals surface area contributed by atoms with Crippen LogP contribution in [-0.4, -0.2) is 40.9 Å². The second kappa shape index (κ2) is 7.20. The Balaban J connectivity index is 1.56. The van der Waals surface area contributed by atoms with Gasteiger partial charge in [0.25, 0.3) is 0 Å². The number of ketones is 1. The fourth-order valence-corrected chi connectivity index (χ4v) is 5.98. The molecule has 4 rings (SSSR count). The summed E-state index contributed by atoms with van der Waals surface area (Å²) in [5.74, 6) is -0.0550. The molecule has 1 saturated heterocycles. The molecule has 1 aromatic carbocycles. The molecule has 2 aliphatic rings. The van der Waals surface area contributed by atoms with Crippen molar-refractivity contribution in [2.24, 2.45) is 7.05 Å². The summed E-state index contributed by atoms with van der Waals surface area (Å²) in [5.41, 5.74) is 2.96. The van der Waals surface area contributed by atoms with Crippen LogP contribution in [0.3, 0.4) is 0 Å². The normalized spacial score (nSPS) is 20.6. The number of hydrogen-bond donors (Lipinski definition) is 0. The zero-order valence-corrected chi connectivity index (χ0v) is 16.4. The Hall–Kier alpha value is -1.99. The molecule has 2 aromatic rings. The Morgan fingerprint density at radius 2 is 1.96 bits per heavy atom. The first-order chi connectivity index (χ1) is 12.9. The number of rotatable bonds is 5. The molecule has 2 heterocycles. The highest BCUT2D eigenvalue weighted by Gasteiger charge is 2.36. The highest BCUT2D eigenvalue weighted by atomic mass is 32.2. The summed E-state index contributed by atoms with van der Waals surface area (Å²) in [4.78, 5) is 12.9. The summed E-state index contributed by atoms with van der Waals surface area (Å²) in [6, 6.07) is 5.27. The lowest BCUT2D eigenvalue weighted by molar-refractivity contribution is 0.0961. The number of aryl methyl sites for hydroxylation is 3. The van der Waals surface area contributed by atoms with Gasteiger partial charge in [0.15, 0.2) is 5.78 Å². The van der Waals surface area contributed by atoms with Gasteiger partial charge in [0.2, 0.25) is 10.0 Å². The van der Waals surface area contributed by atoms with Gasteiger partial charge in [-0.05, 0) is 61.8 Å². The molecule has 27 heavy (non-hydrogen) atoms. The number of fused-ring (bicyclic) bond motifs is 1. The Bertz CT molecular complexity index is 965. The lowest BCUT2D eigenvalue weighted by atomic mass is 9.92. The Labute approximate surface area is 160 Å². The van der Waals surface area contributed by atoms with Gasteiger partial charge in [-0.1, -0.05) is 6.07 Å². The molecular formula is C20H25N3O3S. The number of aromatic nitrogens is 2. The maximum Gasteiger partial charge on any atom is 0.243 e. The van der Waals surface area contributed by atoms with E-state index in [2.05, 4.69) is 5.10 Å². The summed E-state index contributed by atoms with van der Waals surface area (Å²) < 4.78 is 29.6. The molecule has 0 N–H and O–H groups in total. The number of Topliss-reactive ketones (excluding diaryl/α,β-unsaturated/α-hetero) is 1. The van der Waals surface area contributed by atoms with Gasteiger partial charge >= 0.3 is 0 Å². The first kappa shape index (κ1) is 18.4. The molecule has 0 amide bonds. The van der Waals surface area contributed by atoms with E-state index >= 15 is 0 Å². The molecular weight excluding hydrogens is 362 g/mol. The third-order valence-corrected chi connectivity index (χ3v) is 7.65. The molecule has 1 aliphatic heterocycles. The number of nitrogens with zero attached hydrogens (tertiary/aromatic N) is 3. The minimum atomic E-state index is -3.58. The average molecular weight is 388 g/mol. The second-order valence-electron chi connectivity index (χ2n) is 7.58. The van der Waals surface area contributed by atoms with Crippen molar-refractivity contribution < 1.29 is 13.2 Å². The molecule has 1 fully saturated rings. The topological polar surface area (TPSA) is 72.3 Å². The number of sulfonamides is 1. The van der Waals surface area contributed by atoms with Crippen molar-refractivity contribution in [1.29, 1.82) is 0 Å². The van der Waals surface area contributed by atoms with Gasteiger partial charge in [-0.15, -0.1) is 0 Å². The van der Waals surface area contributed by atoms with Crippen molar-refractivity contribution in [3.63, 3.8) is 0 Å². The van der Waals surface area contributed by atoms with Crippen molar-refractivity contribution in [3.05, 3.63) is 47.3 Å². The number of carbonyl (C=O) groups is 1. The van der Waals surface area contributed by atoms with E-state index in [0.717, 1.165) is 37.7 Å². The van der Waals surface area contributed by atoms with Gasteiger partial charge in [-0.3, -0.25) is 9.48 Å². The molecule has 0 radical (unpaired) electrons. The summed E-state index contributed by atoms with van der Waals surface area (Å²) in [7, 11) is -1.82. The molecule has 1 aromatic heterocycles. The first-order valence-corrected chi connectivity index (χ1v) is 11.0. The van der Waals surface area contributed by atoms with Crippen molar-refractivity contribution in [2.45, 2.75) is 55.9 Å². The Kier molecular flexibility index (Phi) is 4.90. The standard InChI is InChI=1S/C20H25N3O3S/c1-22-14-17(13-21-22)20(24)12-18-7-4-10-23(18)27(25,26)19-9-8-15-5-2-3-6-16(15)11-19/h8-9,11,13-14,18H,2-7,10,12H2,1H3/t18-/m0/s1. The van der Waals surface area contributed by atoms with Crippen molar-refractivity contribution in [3.8, 4) is 0 Å². The zero-order valence-electron chi connectivity index (χ0n) is 15.6. The molecule has 1 atom stereocenters. The minimum Gasteiger partial charge on any atom is -0.294 e. The van der Waals surface area contributed by atoms with E-state index in [1.54, 1.807) is 30.2 Å². The smallest absolute Gasteiger partial charge is 0.243 e. The molecule has 0 unspecified atom stereocenters. The molecule has 144 valence electrons. The van der Waals surface area contributed by atoms with E-state index in [9.17, 15) is 13.2 Å². The predicted octanol–water partition coefficient (Wildman–Crippen LogP) is 2.73. The van der Waals surface area contributed by atoms with Gasteiger partial charge in [0.1, 0.15) is 0 Å². The maximum absolute atomic E-state index is 13.3. The monoisotopic (exact) mass is 387 g/mol. The summed E-state index contributed by atoms with van der Waals surface area (Å²) in [6.45, 7) is 0.477. The van der Waals surface area contributed by atoms with Gasteiger partial charge in [0.05, 0.1) is 16.7 Å². The number of carbonyl (C=O) groups excluding carboxylic acids is 1. The quantitative estimate of drug-likeness (QED) is 0.740.